The maximum atomic E-state index is 12.8. The molecular formula is C22H27NO4. The first-order valence-corrected chi connectivity index (χ1v) is 9.24. The van der Waals surface area contributed by atoms with Crippen molar-refractivity contribution in [3.05, 3.63) is 53.1 Å². The summed E-state index contributed by atoms with van der Waals surface area (Å²) >= 11 is 0. The highest BCUT2D eigenvalue weighted by Crippen LogP contribution is 2.38. The highest BCUT2D eigenvalue weighted by Gasteiger charge is 2.32. The average Bonchev–Trinajstić information content (AvgIpc) is 3.14. The van der Waals surface area contributed by atoms with E-state index in [1.54, 1.807) is 14.2 Å². The number of aryl methyl sites for hydroxylation is 2. The van der Waals surface area contributed by atoms with Gasteiger partial charge in [0.25, 0.3) is 5.91 Å². The van der Waals surface area contributed by atoms with E-state index in [1.165, 1.54) is 0 Å². The van der Waals surface area contributed by atoms with Gasteiger partial charge in [0.1, 0.15) is 17.2 Å². The lowest BCUT2D eigenvalue weighted by molar-refractivity contribution is -0.134. The van der Waals surface area contributed by atoms with E-state index in [0.717, 1.165) is 53.3 Å². The lowest BCUT2D eigenvalue weighted by Crippen LogP contribution is -2.34. The van der Waals surface area contributed by atoms with Crippen LogP contribution in [-0.4, -0.2) is 38.2 Å². The van der Waals surface area contributed by atoms with Gasteiger partial charge in [-0.2, -0.15) is 0 Å². The van der Waals surface area contributed by atoms with Crippen molar-refractivity contribution in [2.75, 3.05) is 27.4 Å². The number of nitrogens with zero attached hydrogens (tertiary/aromatic N) is 1. The Bertz CT molecular complexity index is 798. The number of ether oxygens (including phenoxy) is 3. The molecule has 5 nitrogen and oxygen atoms in total. The van der Waals surface area contributed by atoms with Gasteiger partial charge in [-0.25, -0.2) is 0 Å². The fourth-order valence-electron chi connectivity index (χ4n) is 3.73. The molecule has 3 rings (SSSR count). The molecule has 27 heavy (non-hydrogen) atoms. The minimum Gasteiger partial charge on any atom is -0.497 e. The number of hydrogen-bond acceptors (Lipinski definition) is 4. The molecule has 0 N–H and O–H groups in total. The monoisotopic (exact) mass is 369 g/mol. The number of likely N-dealkylation sites (tertiary alicyclic amines) is 1. The Morgan fingerprint density at radius 3 is 2.44 bits per heavy atom. The topological polar surface area (TPSA) is 48.0 Å². The summed E-state index contributed by atoms with van der Waals surface area (Å²) in [4.78, 5) is 14.7. The largest absolute Gasteiger partial charge is 0.497 e. The molecule has 0 aromatic heterocycles. The second kappa shape index (κ2) is 8.33. The zero-order valence-electron chi connectivity index (χ0n) is 16.5. The Morgan fingerprint density at radius 1 is 1.04 bits per heavy atom. The maximum absolute atomic E-state index is 12.8. The van der Waals surface area contributed by atoms with E-state index in [2.05, 4.69) is 6.07 Å². The van der Waals surface area contributed by atoms with E-state index in [-0.39, 0.29) is 18.6 Å². The predicted octanol–water partition coefficient (Wildman–Crippen LogP) is 4.06. The van der Waals surface area contributed by atoms with Crippen molar-refractivity contribution in [2.24, 2.45) is 0 Å². The van der Waals surface area contributed by atoms with Crippen LogP contribution in [-0.2, 0) is 4.79 Å². The lowest BCUT2D eigenvalue weighted by Gasteiger charge is -2.26. The van der Waals surface area contributed by atoms with Gasteiger partial charge in [0, 0.05) is 18.2 Å². The van der Waals surface area contributed by atoms with Crippen molar-refractivity contribution in [1.29, 1.82) is 0 Å². The maximum Gasteiger partial charge on any atom is 0.261 e. The first-order chi connectivity index (χ1) is 13.0. The molecule has 0 unspecified atom stereocenters. The lowest BCUT2D eigenvalue weighted by atomic mass is 10.0. The van der Waals surface area contributed by atoms with Crippen LogP contribution in [0.25, 0.3) is 0 Å². The fourth-order valence-corrected chi connectivity index (χ4v) is 3.73. The summed E-state index contributed by atoms with van der Waals surface area (Å²) in [5.74, 6) is 2.21. The van der Waals surface area contributed by atoms with E-state index in [4.69, 9.17) is 14.2 Å². The number of carbonyl (C=O) groups excluding carboxylic acids is 1. The van der Waals surface area contributed by atoms with Crippen LogP contribution in [0.15, 0.2) is 36.4 Å². The molecule has 0 aliphatic carbocycles. The molecule has 2 aromatic carbocycles. The zero-order chi connectivity index (χ0) is 19.4. The van der Waals surface area contributed by atoms with Gasteiger partial charge in [-0.15, -0.1) is 0 Å². The summed E-state index contributed by atoms with van der Waals surface area (Å²) in [6, 6.07) is 11.7. The van der Waals surface area contributed by atoms with Crippen LogP contribution in [0.5, 0.6) is 17.2 Å². The summed E-state index contributed by atoms with van der Waals surface area (Å²) in [6.45, 7) is 4.81. The number of hydrogen-bond donors (Lipinski definition) is 0. The van der Waals surface area contributed by atoms with Crippen molar-refractivity contribution in [1.82, 2.24) is 4.90 Å². The zero-order valence-corrected chi connectivity index (χ0v) is 16.5. The van der Waals surface area contributed by atoms with Crippen LogP contribution in [0.3, 0.4) is 0 Å². The third kappa shape index (κ3) is 4.35. The molecule has 1 fully saturated rings. The molecule has 0 radical (unpaired) electrons. The predicted molar refractivity (Wildman–Crippen MR) is 105 cm³/mol. The van der Waals surface area contributed by atoms with Gasteiger partial charge in [-0.3, -0.25) is 4.79 Å². The third-order valence-electron chi connectivity index (χ3n) is 4.93. The van der Waals surface area contributed by atoms with Crippen LogP contribution in [0.2, 0.25) is 0 Å². The van der Waals surface area contributed by atoms with Crippen LogP contribution >= 0.6 is 0 Å². The Morgan fingerprint density at radius 2 is 1.78 bits per heavy atom. The normalized spacial score (nSPS) is 16.3. The van der Waals surface area contributed by atoms with Crippen LogP contribution < -0.4 is 14.2 Å². The van der Waals surface area contributed by atoms with Gasteiger partial charge in [0.2, 0.25) is 0 Å². The number of rotatable bonds is 6. The summed E-state index contributed by atoms with van der Waals surface area (Å²) in [6.07, 6.45) is 1.88. The summed E-state index contributed by atoms with van der Waals surface area (Å²) in [5, 5.41) is 0. The fraction of sp³-hybridized carbons (Fsp3) is 0.409. The van der Waals surface area contributed by atoms with E-state index in [1.807, 2.05) is 49.1 Å². The molecule has 1 saturated heterocycles. The Balaban J connectivity index is 1.73. The molecule has 0 saturated carbocycles. The van der Waals surface area contributed by atoms with E-state index >= 15 is 0 Å². The quantitative estimate of drug-likeness (QED) is 0.770. The molecular weight excluding hydrogens is 342 g/mol. The summed E-state index contributed by atoms with van der Waals surface area (Å²) < 4.78 is 16.6. The molecule has 1 amide bonds. The van der Waals surface area contributed by atoms with E-state index in [9.17, 15) is 4.79 Å². The molecule has 5 heteroatoms. The van der Waals surface area contributed by atoms with Gasteiger partial charge >= 0.3 is 0 Å². The van der Waals surface area contributed by atoms with Crippen molar-refractivity contribution >= 4 is 5.91 Å². The number of amides is 1. The number of methoxy groups -OCH3 is 2. The van der Waals surface area contributed by atoms with Crippen LogP contribution in [0.4, 0.5) is 0 Å². The number of carbonyl (C=O) groups is 1. The second-order valence-corrected chi connectivity index (χ2v) is 6.97. The van der Waals surface area contributed by atoms with E-state index < -0.39 is 0 Å². The molecule has 1 aliphatic rings. The van der Waals surface area contributed by atoms with Gasteiger partial charge < -0.3 is 19.1 Å². The highest BCUT2D eigenvalue weighted by molar-refractivity contribution is 5.78. The van der Waals surface area contributed by atoms with Crippen LogP contribution in [0.1, 0.15) is 35.6 Å². The highest BCUT2D eigenvalue weighted by atomic mass is 16.5. The minimum atomic E-state index is -0.00506. The molecule has 0 spiro atoms. The molecule has 144 valence electrons. The van der Waals surface area contributed by atoms with Crippen molar-refractivity contribution in [3.8, 4) is 17.2 Å². The molecule has 1 atom stereocenters. The molecule has 1 heterocycles. The first kappa shape index (κ1) is 19.1. The third-order valence-corrected chi connectivity index (χ3v) is 4.93. The standard InChI is InChI=1S/C22H27NO4/c1-15-10-16(2)12-18(11-15)27-14-22(24)23-9-5-6-20(23)19-8-7-17(25-3)13-21(19)26-4/h7-8,10-13,20H,5-6,9,14H2,1-4H3/t20-/m1/s1. The average molecular weight is 369 g/mol. The first-order valence-electron chi connectivity index (χ1n) is 9.24. The van der Waals surface area contributed by atoms with Crippen LogP contribution in [0, 0.1) is 13.8 Å². The second-order valence-electron chi connectivity index (χ2n) is 6.97. The van der Waals surface area contributed by atoms with Gasteiger partial charge in [-0.05, 0) is 62.1 Å². The molecule has 2 aromatic rings. The van der Waals surface area contributed by atoms with Crippen molar-refractivity contribution in [3.63, 3.8) is 0 Å². The van der Waals surface area contributed by atoms with Crippen molar-refractivity contribution < 1.29 is 19.0 Å². The summed E-state index contributed by atoms with van der Waals surface area (Å²) in [5.41, 5.74) is 3.26. The summed E-state index contributed by atoms with van der Waals surface area (Å²) in [7, 11) is 3.27. The van der Waals surface area contributed by atoms with Gasteiger partial charge in [0.15, 0.2) is 6.61 Å². The number of benzene rings is 2. The van der Waals surface area contributed by atoms with Gasteiger partial charge in [0.05, 0.1) is 20.3 Å². The molecule has 1 aliphatic heterocycles. The Hall–Kier alpha value is -2.69. The minimum absolute atomic E-state index is 0.00111. The smallest absolute Gasteiger partial charge is 0.261 e. The van der Waals surface area contributed by atoms with E-state index in [0.29, 0.717) is 0 Å². The van der Waals surface area contributed by atoms with Crippen molar-refractivity contribution in [2.45, 2.75) is 32.7 Å². The Labute approximate surface area is 160 Å². The SMILES string of the molecule is COc1ccc([C@H]2CCCN2C(=O)COc2cc(C)cc(C)c2)c(OC)c1. The Kier molecular flexibility index (Phi) is 5.89. The molecule has 0 bridgehead atoms. The van der Waals surface area contributed by atoms with Gasteiger partial charge in [-0.1, -0.05) is 6.07 Å².